The number of aromatic nitrogens is 2. The van der Waals surface area contributed by atoms with Gasteiger partial charge in [-0.05, 0) is 25.8 Å². The van der Waals surface area contributed by atoms with E-state index in [0.717, 1.165) is 31.7 Å². The van der Waals surface area contributed by atoms with E-state index in [0.29, 0.717) is 6.54 Å². The number of rotatable bonds is 7. The van der Waals surface area contributed by atoms with Crippen molar-refractivity contribution in [1.82, 2.24) is 14.7 Å². The summed E-state index contributed by atoms with van der Waals surface area (Å²) in [6.45, 7) is 7.77. The summed E-state index contributed by atoms with van der Waals surface area (Å²) in [5, 5.41) is 4.50. The zero-order valence-electron chi connectivity index (χ0n) is 13.3. The zero-order chi connectivity index (χ0) is 15.2. The van der Waals surface area contributed by atoms with Gasteiger partial charge in [0.1, 0.15) is 0 Å². The predicted octanol–water partition coefficient (Wildman–Crippen LogP) is 2.04. The van der Waals surface area contributed by atoms with Crippen LogP contribution in [0.25, 0.3) is 0 Å². The Labute approximate surface area is 127 Å². The van der Waals surface area contributed by atoms with Crippen LogP contribution in [0.5, 0.6) is 0 Å². The highest BCUT2D eigenvalue weighted by atomic mass is 15.3. The summed E-state index contributed by atoms with van der Waals surface area (Å²) in [5.74, 6) is 0. The maximum Gasteiger partial charge on any atom is 0.0641 e. The van der Waals surface area contributed by atoms with E-state index in [2.05, 4.69) is 54.2 Å². The van der Waals surface area contributed by atoms with Gasteiger partial charge in [-0.1, -0.05) is 30.3 Å². The van der Waals surface area contributed by atoms with E-state index in [1.807, 2.05) is 11.7 Å². The summed E-state index contributed by atoms with van der Waals surface area (Å²) in [4.78, 5) is 2.42. The SMILES string of the molecule is Cc1nn(C)c(C)c1CN(CCN)CCc1ccccc1. The molecular formula is C17H26N4. The Morgan fingerprint density at radius 3 is 2.43 bits per heavy atom. The molecule has 1 aromatic carbocycles. The van der Waals surface area contributed by atoms with Gasteiger partial charge in [-0.25, -0.2) is 0 Å². The third kappa shape index (κ3) is 4.16. The van der Waals surface area contributed by atoms with E-state index in [1.54, 1.807) is 0 Å². The smallest absolute Gasteiger partial charge is 0.0641 e. The quantitative estimate of drug-likeness (QED) is 0.847. The summed E-state index contributed by atoms with van der Waals surface area (Å²) >= 11 is 0. The summed E-state index contributed by atoms with van der Waals surface area (Å²) in [7, 11) is 2.00. The fourth-order valence-electron chi connectivity index (χ4n) is 2.65. The van der Waals surface area contributed by atoms with Crippen LogP contribution in [0.1, 0.15) is 22.5 Å². The second-order valence-electron chi connectivity index (χ2n) is 5.57. The van der Waals surface area contributed by atoms with Gasteiger partial charge in [-0.2, -0.15) is 5.10 Å². The second-order valence-corrected chi connectivity index (χ2v) is 5.57. The first-order chi connectivity index (χ1) is 10.1. The molecule has 0 aliphatic carbocycles. The van der Waals surface area contributed by atoms with Crippen LogP contribution in [-0.2, 0) is 20.0 Å². The van der Waals surface area contributed by atoms with Gasteiger partial charge >= 0.3 is 0 Å². The van der Waals surface area contributed by atoms with Crippen molar-refractivity contribution < 1.29 is 0 Å². The van der Waals surface area contributed by atoms with Crippen LogP contribution in [0.15, 0.2) is 30.3 Å². The Morgan fingerprint density at radius 1 is 1.14 bits per heavy atom. The molecule has 0 bridgehead atoms. The first kappa shape index (κ1) is 15.7. The molecule has 0 saturated carbocycles. The van der Waals surface area contributed by atoms with Crippen molar-refractivity contribution in [2.24, 2.45) is 12.8 Å². The van der Waals surface area contributed by atoms with Crippen LogP contribution >= 0.6 is 0 Å². The van der Waals surface area contributed by atoms with E-state index >= 15 is 0 Å². The lowest BCUT2D eigenvalue weighted by atomic mass is 10.1. The average molecular weight is 286 g/mol. The van der Waals surface area contributed by atoms with Crippen molar-refractivity contribution in [2.75, 3.05) is 19.6 Å². The van der Waals surface area contributed by atoms with Crippen LogP contribution in [0.3, 0.4) is 0 Å². The van der Waals surface area contributed by atoms with Gasteiger partial charge in [-0.15, -0.1) is 0 Å². The molecule has 0 aliphatic heterocycles. The molecule has 0 amide bonds. The van der Waals surface area contributed by atoms with Gasteiger partial charge in [0.15, 0.2) is 0 Å². The Hall–Kier alpha value is -1.65. The van der Waals surface area contributed by atoms with Gasteiger partial charge < -0.3 is 5.73 Å². The molecule has 0 fully saturated rings. The van der Waals surface area contributed by atoms with Crippen molar-refractivity contribution in [3.8, 4) is 0 Å². The summed E-state index contributed by atoms with van der Waals surface area (Å²) < 4.78 is 1.96. The molecule has 2 rings (SSSR count). The molecule has 4 nitrogen and oxygen atoms in total. The van der Waals surface area contributed by atoms with E-state index in [4.69, 9.17) is 5.73 Å². The standard InChI is InChI=1S/C17H26N4/c1-14-17(15(2)20(3)19-14)13-21(12-10-18)11-9-16-7-5-4-6-8-16/h4-8H,9-13,18H2,1-3H3. The fraction of sp³-hybridized carbons (Fsp3) is 0.471. The molecule has 21 heavy (non-hydrogen) atoms. The second kappa shape index (κ2) is 7.38. The van der Waals surface area contributed by atoms with Gasteiger partial charge in [0.25, 0.3) is 0 Å². The van der Waals surface area contributed by atoms with Gasteiger partial charge in [0, 0.05) is 44.5 Å². The molecular weight excluding hydrogens is 260 g/mol. The number of hydrogen-bond donors (Lipinski definition) is 1. The third-order valence-corrected chi connectivity index (χ3v) is 4.05. The number of nitrogens with zero attached hydrogens (tertiary/aromatic N) is 3. The lowest BCUT2D eigenvalue weighted by Gasteiger charge is -2.22. The topological polar surface area (TPSA) is 47.1 Å². The highest BCUT2D eigenvalue weighted by Gasteiger charge is 2.13. The largest absolute Gasteiger partial charge is 0.329 e. The highest BCUT2D eigenvalue weighted by molar-refractivity contribution is 5.24. The minimum Gasteiger partial charge on any atom is -0.329 e. The summed E-state index contributed by atoms with van der Waals surface area (Å²) in [6, 6.07) is 10.6. The molecule has 2 aromatic rings. The van der Waals surface area contributed by atoms with E-state index in [1.165, 1.54) is 16.8 Å². The zero-order valence-corrected chi connectivity index (χ0v) is 13.3. The van der Waals surface area contributed by atoms with Gasteiger partial charge in [0.05, 0.1) is 5.69 Å². The molecule has 114 valence electrons. The first-order valence-corrected chi connectivity index (χ1v) is 7.57. The first-order valence-electron chi connectivity index (χ1n) is 7.57. The maximum absolute atomic E-state index is 5.77. The minimum absolute atomic E-state index is 0.688. The normalized spacial score (nSPS) is 11.3. The van der Waals surface area contributed by atoms with Crippen LogP contribution in [0, 0.1) is 13.8 Å². The molecule has 0 aliphatic rings. The molecule has 4 heteroatoms. The number of hydrogen-bond acceptors (Lipinski definition) is 3. The van der Waals surface area contributed by atoms with Crippen LogP contribution in [-0.4, -0.2) is 34.3 Å². The van der Waals surface area contributed by atoms with Crippen molar-refractivity contribution in [1.29, 1.82) is 0 Å². The number of benzene rings is 1. The van der Waals surface area contributed by atoms with Crippen molar-refractivity contribution >= 4 is 0 Å². The minimum atomic E-state index is 0.688. The molecule has 0 radical (unpaired) electrons. The molecule has 1 heterocycles. The Morgan fingerprint density at radius 2 is 1.86 bits per heavy atom. The maximum atomic E-state index is 5.77. The van der Waals surface area contributed by atoms with Crippen molar-refractivity contribution in [3.05, 3.63) is 52.8 Å². The molecule has 1 aromatic heterocycles. The lowest BCUT2D eigenvalue weighted by molar-refractivity contribution is 0.275. The van der Waals surface area contributed by atoms with Crippen molar-refractivity contribution in [2.45, 2.75) is 26.8 Å². The van der Waals surface area contributed by atoms with E-state index in [-0.39, 0.29) is 0 Å². The van der Waals surface area contributed by atoms with E-state index < -0.39 is 0 Å². The van der Waals surface area contributed by atoms with Gasteiger partial charge in [-0.3, -0.25) is 9.58 Å². The molecule has 2 N–H and O–H groups in total. The average Bonchev–Trinajstić information content (AvgIpc) is 2.72. The Bertz CT molecular complexity index is 560. The summed E-state index contributed by atoms with van der Waals surface area (Å²) in [5.41, 5.74) is 10.8. The van der Waals surface area contributed by atoms with Crippen molar-refractivity contribution in [3.63, 3.8) is 0 Å². The Balaban J connectivity index is 2.02. The number of nitrogens with two attached hydrogens (primary N) is 1. The lowest BCUT2D eigenvalue weighted by Crippen LogP contribution is -2.31. The third-order valence-electron chi connectivity index (χ3n) is 4.05. The van der Waals surface area contributed by atoms with Crippen LogP contribution in [0.2, 0.25) is 0 Å². The molecule has 0 saturated heterocycles. The molecule has 0 unspecified atom stereocenters. The van der Waals surface area contributed by atoms with Gasteiger partial charge in [0.2, 0.25) is 0 Å². The summed E-state index contributed by atoms with van der Waals surface area (Å²) in [6.07, 6.45) is 1.05. The molecule has 0 spiro atoms. The Kier molecular flexibility index (Phi) is 5.53. The number of aryl methyl sites for hydroxylation is 2. The predicted molar refractivity (Wildman–Crippen MR) is 87.2 cm³/mol. The van der Waals surface area contributed by atoms with Crippen LogP contribution < -0.4 is 5.73 Å². The molecule has 0 atom stereocenters. The monoisotopic (exact) mass is 286 g/mol. The fourth-order valence-corrected chi connectivity index (χ4v) is 2.65. The van der Waals surface area contributed by atoms with Crippen LogP contribution in [0.4, 0.5) is 0 Å². The van der Waals surface area contributed by atoms with E-state index in [9.17, 15) is 0 Å². The highest BCUT2D eigenvalue weighted by Crippen LogP contribution is 2.15.